The monoisotopic (exact) mass is 451 g/mol. The standard InChI is InChI=1S/C21H26FN3O5S/c1-13-19(12-23)29-18-10-7-15(24-20(26)30-21(2,3)4)11-17(18)25(13)31(27,28)16-8-5-14(22)6-9-16/h5-11,13,19H,12,23H2,1-4H3,(H,24,26)/t13-,19+/m0/s1. The second kappa shape index (κ2) is 8.35. The Balaban J connectivity index is 2.04. The number of carbonyl (C=O) groups is 1. The predicted molar refractivity (Wildman–Crippen MR) is 115 cm³/mol. The summed E-state index contributed by atoms with van der Waals surface area (Å²) < 4.78 is 52.6. The van der Waals surface area contributed by atoms with Gasteiger partial charge in [0.15, 0.2) is 0 Å². The molecular weight excluding hydrogens is 425 g/mol. The molecule has 0 unspecified atom stereocenters. The Morgan fingerprint density at radius 2 is 1.87 bits per heavy atom. The van der Waals surface area contributed by atoms with E-state index < -0.39 is 39.7 Å². The maximum absolute atomic E-state index is 13.4. The zero-order chi connectivity index (χ0) is 23.0. The van der Waals surface area contributed by atoms with Crippen LogP contribution >= 0.6 is 0 Å². The Hall–Kier alpha value is -2.85. The fourth-order valence-electron chi connectivity index (χ4n) is 3.23. The van der Waals surface area contributed by atoms with E-state index in [1.165, 1.54) is 22.5 Å². The lowest BCUT2D eigenvalue weighted by Crippen LogP contribution is -2.53. The first-order valence-electron chi connectivity index (χ1n) is 9.73. The van der Waals surface area contributed by atoms with E-state index in [1.807, 2.05) is 0 Å². The molecule has 10 heteroatoms. The highest BCUT2D eigenvalue weighted by Gasteiger charge is 2.40. The zero-order valence-corrected chi connectivity index (χ0v) is 18.6. The van der Waals surface area contributed by atoms with Gasteiger partial charge in [0.1, 0.15) is 23.3 Å². The fraction of sp³-hybridized carbons (Fsp3) is 0.381. The number of nitrogens with one attached hydrogen (secondary N) is 1. The van der Waals surface area contributed by atoms with Gasteiger partial charge in [0, 0.05) is 12.2 Å². The molecule has 0 fully saturated rings. The van der Waals surface area contributed by atoms with Gasteiger partial charge in [0.2, 0.25) is 0 Å². The number of nitrogens with zero attached hydrogens (tertiary/aromatic N) is 1. The van der Waals surface area contributed by atoms with Gasteiger partial charge in [-0.15, -0.1) is 0 Å². The number of benzene rings is 2. The quantitative estimate of drug-likeness (QED) is 0.736. The number of halogens is 1. The molecule has 168 valence electrons. The Morgan fingerprint density at radius 3 is 2.45 bits per heavy atom. The molecule has 1 aliphatic rings. The van der Waals surface area contributed by atoms with Gasteiger partial charge in [-0.1, -0.05) is 0 Å². The van der Waals surface area contributed by atoms with Crippen molar-refractivity contribution in [1.29, 1.82) is 0 Å². The number of carbonyl (C=O) groups excluding carboxylic acids is 1. The SMILES string of the molecule is C[C@H]1[C@@H](CN)Oc2ccc(NC(=O)OC(C)(C)C)cc2N1S(=O)(=O)c1ccc(F)cc1. The number of hydrogen-bond acceptors (Lipinski definition) is 6. The van der Waals surface area contributed by atoms with E-state index in [0.29, 0.717) is 11.4 Å². The first-order chi connectivity index (χ1) is 14.4. The molecule has 0 saturated heterocycles. The zero-order valence-electron chi connectivity index (χ0n) is 17.8. The lowest BCUT2D eigenvalue weighted by Gasteiger charge is -2.40. The van der Waals surface area contributed by atoms with Crippen LogP contribution in [0.25, 0.3) is 0 Å². The van der Waals surface area contributed by atoms with Gasteiger partial charge < -0.3 is 15.2 Å². The molecule has 0 saturated carbocycles. The average Bonchev–Trinajstić information content (AvgIpc) is 2.66. The van der Waals surface area contributed by atoms with E-state index in [2.05, 4.69) is 5.32 Å². The van der Waals surface area contributed by atoms with Gasteiger partial charge in [0.25, 0.3) is 10.0 Å². The lowest BCUT2D eigenvalue weighted by molar-refractivity contribution is 0.0636. The van der Waals surface area contributed by atoms with E-state index in [0.717, 1.165) is 12.1 Å². The van der Waals surface area contributed by atoms with Crippen molar-refractivity contribution in [3.05, 3.63) is 48.3 Å². The van der Waals surface area contributed by atoms with Crippen LogP contribution in [0.1, 0.15) is 27.7 Å². The lowest BCUT2D eigenvalue weighted by atomic mass is 10.1. The molecule has 0 spiro atoms. The van der Waals surface area contributed by atoms with Crippen molar-refractivity contribution in [2.45, 2.75) is 50.3 Å². The summed E-state index contributed by atoms with van der Waals surface area (Å²) in [5.74, 6) is -0.243. The minimum atomic E-state index is -4.07. The van der Waals surface area contributed by atoms with Gasteiger partial charge in [-0.3, -0.25) is 9.62 Å². The highest BCUT2D eigenvalue weighted by Crippen LogP contribution is 2.41. The highest BCUT2D eigenvalue weighted by molar-refractivity contribution is 7.92. The van der Waals surface area contributed by atoms with Crippen molar-refractivity contribution in [1.82, 2.24) is 0 Å². The molecule has 3 N–H and O–H groups in total. The maximum atomic E-state index is 13.4. The first-order valence-corrected chi connectivity index (χ1v) is 11.2. The molecule has 0 aliphatic carbocycles. The summed E-state index contributed by atoms with van der Waals surface area (Å²) in [6, 6.07) is 8.55. The van der Waals surface area contributed by atoms with E-state index in [9.17, 15) is 17.6 Å². The molecule has 0 bridgehead atoms. The van der Waals surface area contributed by atoms with E-state index in [1.54, 1.807) is 39.8 Å². The molecule has 1 heterocycles. The van der Waals surface area contributed by atoms with Crippen LogP contribution in [0.2, 0.25) is 0 Å². The number of nitrogens with two attached hydrogens (primary N) is 1. The summed E-state index contributed by atoms with van der Waals surface area (Å²) in [6.07, 6.45) is -1.27. The van der Waals surface area contributed by atoms with Crippen molar-refractivity contribution in [2.75, 3.05) is 16.2 Å². The Bertz CT molecular complexity index is 1070. The van der Waals surface area contributed by atoms with E-state index >= 15 is 0 Å². The van der Waals surface area contributed by atoms with Gasteiger partial charge in [-0.05, 0) is 70.2 Å². The maximum Gasteiger partial charge on any atom is 0.412 e. The third-order valence-corrected chi connectivity index (χ3v) is 6.55. The van der Waals surface area contributed by atoms with Crippen molar-refractivity contribution < 1.29 is 27.1 Å². The summed E-state index contributed by atoms with van der Waals surface area (Å²) in [6.45, 7) is 6.97. The molecule has 8 nitrogen and oxygen atoms in total. The summed E-state index contributed by atoms with van der Waals surface area (Å²) in [4.78, 5) is 12.1. The molecule has 2 aromatic carbocycles. The van der Waals surface area contributed by atoms with Gasteiger partial charge in [-0.2, -0.15) is 0 Å². The molecule has 1 aliphatic heterocycles. The number of rotatable bonds is 4. The molecule has 0 aromatic heterocycles. The summed E-state index contributed by atoms with van der Waals surface area (Å²) in [7, 11) is -4.07. The largest absolute Gasteiger partial charge is 0.485 e. The summed E-state index contributed by atoms with van der Waals surface area (Å²) >= 11 is 0. The third-order valence-electron chi connectivity index (χ3n) is 4.63. The van der Waals surface area contributed by atoms with Crippen molar-refractivity contribution in [2.24, 2.45) is 5.73 Å². The van der Waals surface area contributed by atoms with Gasteiger partial charge in [-0.25, -0.2) is 17.6 Å². The van der Waals surface area contributed by atoms with Crippen LogP contribution in [0.4, 0.5) is 20.6 Å². The van der Waals surface area contributed by atoms with Crippen LogP contribution in [0.3, 0.4) is 0 Å². The summed E-state index contributed by atoms with van der Waals surface area (Å²) in [5.41, 5.74) is 5.67. The average molecular weight is 452 g/mol. The predicted octanol–water partition coefficient (Wildman–Crippen LogP) is 3.48. The highest BCUT2D eigenvalue weighted by atomic mass is 32.2. The summed E-state index contributed by atoms with van der Waals surface area (Å²) in [5, 5.41) is 2.60. The minimum Gasteiger partial charge on any atom is -0.485 e. The van der Waals surface area contributed by atoms with Crippen LogP contribution in [-0.2, 0) is 14.8 Å². The second-order valence-electron chi connectivity index (χ2n) is 8.20. The van der Waals surface area contributed by atoms with Crippen LogP contribution < -0.4 is 20.1 Å². The van der Waals surface area contributed by atoms with Crippen LogP contribution in [0.15, 0.2) is 47.4 Å². The molecule has 3 rings (SSSR count). The van der Waals surface area contributed by atoms with Crippen molar-refractivity contribution >= 4 is 27.5 Å². The smallest absolute Gasteiger partial charge is 0.412 e. The third kappa shape index (κ3) is 4.91. The normalized spacial score (nSPS) is 18.7. The van der Waals surface area contributed by atoms with Crippen LogP contribution in [0.5, 0.6) is 5.75 Å². The first kappa shape index (κ1) is 22.8. The Labute approximate surface area is 181 Å². The van der Waals surface area contributed by atoms with Crippen molar-refractivity contribution in [3.8, 4) is 5.75 Å². The molecule has 2 aromatic rings. The molecule has 31 heavy (non-hydrogen) atoms. The fourth-order valence-corrected chi connectivity index (χ4v) is 4.92. The molecular formula is C21H26FN3O5S. The van der Waals surface area contributed by atoms with E-state index in [-0.39, 0.29) is 17.1 Å². The number of amides is 1. The number of fused-ring (bicyclic) bond motifs is 1. The second-order valence-corrected chi connectivity index (χ2v) is 10.0. The topological polar surface area (TPSA) is 111 Å². The number of hydrogen-bond donors (Lipinski definition) is 2. The van der Waals surface area contributed by atoms with Crippen molar-refractivity contribution in [3.63, 3.8) is 0 Å². The number of sulfonamides is 1. The number of ether oxygens (including phenoxy) is 2. The van der Waals surface area contributed by atoms with Crippen LogP contribution in [0, 0.1) is 5.82 Å². The Morgan fingerprint density at radius 1 is 1.23 bits per heavy atom. The molecule has 2 atom stereocenters. The van der Waals surface area contributed by atoms with E-state index in [4.69, 9.17) is 15.2 Å². The number of anilines is 2. The minimum absolute atomic E-state index is 0.0742. The van der Waals surface area contributed by atoms with Crippen LogP contribution in [-0.4, -0.2) is 38.8 Å². The van der Waals surface area contributed by atoms with Gasteiger partial charge in [0.05, 0.1) is 16.6 Å². The van der Waals surface area contributed by atoms with Gasteiger partial charge >= 0.3 is 6.09 Å². The Kier molecular flexibility index (Phi) is 6.15. The molecule has 1 amide bonds. The molecule has 0 radical (unpaired) electrons.